The smallest absolute Gasteiger partial charge is 0.220 e. The van der Waals surface area contributed by atoms with Gasteiger partial charge in [0.1, 0.15) is 0 Å². The SMILES string of the molecule is CC/C=C\C/C=C\C/C=C\C/C=C\C/C=C\C/C=C\C/C=C\C/C=C\C/C=C\CCCCCCCCCC(=O)NC(CO)C(O)CCCCCCCCCCCCCCCC. The molecule has 61 heavy (non-hydrogen) atoms. The van der Waals surface area contributed by atoms with E-state index in [0.717, 1.165) is 96.3 Å². The van der Waals surface area contributed by atoms with Crippen molar-refractivity contribution in [2.45, 2.75) is 238 Å². The maximum absolute atomic E-state index is 12.4. The Morgan fingerprint density at radius 2 is 0.721 bits per heavy atom. The van der Waals surface area contributed by atoms with Gasteiger partial charge in [0.05, 0.1) is 18.8 Å². The molecule has 1 amide bonds. The molecule has 0 aromatic rings. The van der Waals surface area contributed by atoms with Crippen molar-refractivity contribution in [1.29, 1.82) is 0 Å². The molecular formula is C57H97NO3. The van der Waals surface area contributed by atoms with Crippen molar-refractivity contribution >= 4 is 5.91 Å². The van der Waals surface area contributed by atoms with E-state index < -0.39 is 12.1 Å². The lowest BCUT2D eigenvalue weighted by atomic mass is 10.0. The largest absolute Gasteiger partial charge is 0.394 e. The fourth-order valence-corrected chi connectivity index (χ4v) is 7.18. The number of aliphatic hydroxyl groups is 2. The lowest BCUT2D eigenvalue weighted by molar-refractivity contribution is -0.123. The van der Waals surface area contributed by atoms with Gasteiger partial charge in [0.25, 0.3) is 0 Å². The van der Waals surface area contributed by atoms with Crippen LogP contribution in [0, 0.1) is 0 Å². The summed E-state index contributed by atoms with van der Waals surface area (Å²) < 4.78 is 0. The van der Waals surface area contributed by atoms with E-state index in [1.807, 2.05) is 0 Å². The van der Waals surface area contributed by atoms with Crippen LogP contribution in [0.25, 0.3) is 0 Å². The highest BCUT2D eigenvalue weighted by Crippen LogP contribution is 2.15. The summed E-state index contributed by atoms with van der Waals surface area (Å²) in [5.41, 5.74) is 0. The van der Waals surface area contributed by atoms with Crippen molar-refractivity contribution in [3.8, 4) is 0 Å². The first kappa shape index (κ1) is 58.0. The molecule has 0 aromatic carbocycles. The molecule has 0 fully saturated rings. The molecule has 4 heteroatoms. The van der Waals surface area contributed by atoms with Gasteiger partial charge in [0.2, 0.25) is 5.91 Å². The van der Waals surface area contributed by atoms with E-state index in [2.05, 4.69) is 129 Å². The number of aliphatic hydroxyl groups excluding tert-OH is 2. The zero-order valence-corrected chi connectivity index (χ0v) is 39.9. The number of allylic oxidation sites excluding steroid dienone is 18. The minimum Gasteiger partial charge on any atom is -0.394 e. The number of rotatable bonds is 45. The second-order valence-electron chi connectivity index (χ2n) is 16.9. The lowest BCUT2D eigenvalue weighted by Crippen LogP contribution is -2.45. The predicted octanol–water partition coefficient (Wildman–Crippen LogP) is 16.7. The normalized spacial score (nSPS) is 13.8. The molecule has 3 N–H and O–H groups in total. The number of carbonyl (C=O) groups excluding carboxylic acids is 1. The molecule has 0 aromatic heterocycles. The van der Waals surface area contributed by atoms with Crippen LogP contribution in [0.5, 0.6) is 0 Å². The Hall–Kier alpha value is -2.95. The quantitative estimate of drug-likeness (QED) is 0.0422. The van der Waals surface area contributed by atoms with E-state index in [1.165, 1.54) is 103 Å². The number of carbonyl (C=O) groups is 1. The summed E-state index contributed by atoms with van der Waals surface area (Å²) in [6.45, 7) is 4.23. The lowest BCUT2D eigenvalue weighted by Gasteiger charge is -2.22. The zero-order chi connectivity index (χ0) is 44.2. The fourth-order valence-electron chi connectivity index (χ4n) is 7.18. The molecule has 348 valence electrons. The Morgan fingerprint density at radius 3 is 1.08 bits per heavy atom. The predicted molar refractivity (Wildman–Crippen MR) is 271 cm³/mol. The molecule has 0 saturated carbocycles. The molecular weight excluding hydrogens is 747 g/mol. The molecule has 0 radical (unpaired) electrons. The molecule has 2 atom stereocenters. The van der Waals surface area contributed by atoms with Crippen molar-refractivity contribution in [2.75, 3.05) is 6.61 Å². The van der Waals surface area contributed by atoms with Gasteiger partial charge in [-0.2, -0.15) is 0 Å². The Kier molecular flexibility index (Phi) is 48.9. The highest BCUT2D eigenvalue weighted by molar-refractivity contribution is 5.76. The van der Waals surface area contributed by atoms with Gasteiger partial charge < -0.3 is 15.5 Å². The van der Waals surface area contributed by atoms with E-state index in [1.54, 1.807) is 0 Å². The average Bonchev–Trinajstić information content (AvgIpc) is 3.26. The summed E-state index contributed by atoms with van der Waals surface area (Å²) in [6.07, 6.45) is 77.5. The zero-order valence-electron chi connectivity index (χ0n) is 39.9. The molecule has 0 bridgehead atoms. The van der Waals surface area contributed by atoms with Gasteiger partial charge in [0, 0.05) is 6.42 Å². The van der Waals surface area contributed by atoms with E-state index in [0.29, 0.717) is 12.8 Å². The molecule has 0 aliphatic rings. The van der Waals surface area contributed by atoms with E-state index in [9.17, 15) is 15.0 Å². The summed E-state index contributed by atoms with van der Waals surface area (Å²) in [4.78, 5) is 12.4. The third-order valence-corrected chi connectivity index (χ3v) is 11.0. The van der Waals surface area contributed by atoms with E-state index in [-0.39, 0.29) is 12.5 Å². The van der Waals surface area contributed by atoms with Crippen LogP contribution >= 0.6 is 0 Å². The monoisotopic (exact) mass is 844 g/mol. The summed E-state index contributed by atoms with van der Waals surface area (Å²) in [5, 5.41) is 23.2. The number of nitrogens with one attached hydrogen (secondary N) is 1. The van der Waals surface area contributed by atoms with Gasteiger partial charge in [0.15, 0.2) is 0 Å². The van der Waals surface area contributed by atoms with Crippen molar-refractivity contribution in [3.05, 3.63) is 109 Å². The molecule has 0 rings (SSSR count). The minimum atomic E-state index is -0.671. The molecule has 0 spiro atoms. The van der Waals surface area contributed by atoms with Gasteiger partial charge in [-0.3, -0.25) is 4.79 Å². The van der Waals surface area contributed by atoms with Crippen molar-refractivity contribution in [3.63, 3.8) is 0 Å². The Morgan fingerprint density at radius 1 is 0.410 bits per heavy atom. The van der Waals surface area contributed by atoms with Crippen molar-refractivity contribution in [1.82, 2.24) is 5.32 Å². The molecule has 0 saturated heterocycles. The van der Waals surface area contributed by atoms with Crippen LogP contribution in [0.15, 0.2) is 109 Å². The topological polar surface area (TPSA) is 69.6 Å². The van der Waals surface area contributed by atoms with Gasteiger partial charge in [-0.25, -0.2) is 0 Å². The van der Waals surface area contributed by atoms with E-state index in [4.69, 9.17) is 0 Å². The van der Waals surface area contributed by atoms with Crippen LogP contribution in [-0.2, 0) is 4.79 Å². The van der Waals surface area contributed by atoms with Gasteiger partial charge >= 0.3 is 0 Å². The highest BCUT2D eigenvalue weighted by atomic mass is 16.3. The third kappa shape index (κ3) is 47.9. The first-order valence-electron chi connectivity index (χ1n) is 25.6. The third-order valence-electron chi connectivity index (χ3n) is 11.0. The Balaban J connectivity index is 3.62. The highest BCUT2D eigenvalue weighted by Gasteiger charge is 2.20. The Bertz CT molecular complexity index is 1180. The van der Waals surface area contributed by atoms with Crippen LogP contribution in [0.1, 0.15) is 226 Å². The van der Waals surface area contributed by atoms with Crippen LogP contribution in [0.4, 0.5) is 0 Å². The molecule has 0 heterocycles. The maximum atomic E-state index is 12.4. The second-order valence-corrected chi connectivity index (χ2v) is 16.9. The van der Waals surface area contributed by atoms with Crippen LogP contribution in [-0.4, -0.2) is 34.9 Å². The standard InChI is InChI=1S/C57H97NO3/c1-3-5-7-9-11-13-15-17-19-20-21-22-23-24-25-26-27-28-29-30-31-32-33-34-35-36-37-38-39-41-43-45-47-49-51-53-57(61)58-55(54-59)56(60)52-50-48-46-44-42-40-18-16-14-12-10-8-6-4-2/h5,7,11,13,17,19,21-22,24-25,27-28,30-31,33-34,36-37,55-56,59-60H,3-4,6,8-10,12,14-16,18,20,23,26,29,32,35,38-54H2,1-2H3,(H,58,61)/b7-5-,13-11-,19-17-,22-21-,25-24-,28-27-,31-30-,34-33-,37-36-. The van der Waals surface area contributed by atoms with Gasteiger partial charge in [-0.15, -0.1) is 0 Å². The molecule has 2 unspecified atom stereocenters. The summed E-state index contributed by atoms with van der Waals surface area (Å²) in [6, 6.07) is -0.549. The van der Waals surface area contributed by atoms with Crippen LogP contribution in [0.2, 0.25) is 0 Å². The molecule has 4 nitrogen and oxygen atoms in total. The maximum Gasteiger partial charge on any atom is 0.220 e. The van der Waals surface area contributed by atoms with E-state index >= 15 is 0 Å². The van der Waals surface area contributed by atoms with Gasteiger partial charge in [-0.05, 0) is 83.5 Å². The van der Waals surface area contributed by atoms with Gasteiger partial charge in [-0.1, -0.05) is 245 Å². The Labute approximate surface area is 378 Å². The summed E-state index contributed by atoms with van der Waals surface area (Å²) in [5.74, 6) is -0.0472. The van der Waals surface area contributed by atoms with Crippen molar-refractivity contribution in [2.24, 2.45) is 0 Å². The number of hydrogen-bond acceptors (Lipinski definition) is 3. The summed E-state index contributed by atoms with van der Waals surface area (Å²) in [7, 11) is 0. The number of unbranched alkanes of at least 4 members (excludes halogenated alkanes) is 20. The first-order chi connectivity index (χ1) is 30.2. The minimum absolute atomic E-state index is 0.0472. The second kappa shape index (κ2) is 51.4. The fraction of sp³-hybridized carbons (Fsp3) is 0.667. The first-order valence-corrected chi connectivity index (χ1v) is 25.6. The number of amides is 1. The molecule has 0 aliphatic heterocycles. The average molecular weight is 844 g/mol. The summed E-state index contributed by atoms with van der Waals surface area (Å²) >= 11 is 0. The number of hydrogen-bond donors (Lipinski definition) is 3. The van der Waals surface area contributed by atoms with Crippen LogP contribution in [0.3, 0.4) is 0 Å². The van der Waals surface area contributed by atoms with Crippen LogP contribution < -0.4 is 5.32 Å². The van der Waals surface area contributed by atoms with Crippen molar-refractivity contribution < 1.29 is 15.0 Å². The molecule has 0 aliphatic carbocycles.